The summed E-state index contributed by atoms with van der Waals surface area (Å²) in [7, 11) is 0. The van der Waals surface area contributed by atoms with Gasteiger partial charge in [-0.3, -0.25) is 19.5 Å². The van der Waals surface area contributed by atoms with Crippen LogP contribution in [0.4, 0.5) is 5.69 Å². The number of ether oxygens (including phenoxy) is 2. The number of esters is 1. The Morgan fingerprint density at radius 1 is 1.22 bits per heavy atom. The molecule has 37 heavy (non-hydrogen) atoms. The van der Waals surface area contributed by atoms with Crippen LogP contribution in [0.25, 0.3) is 6.08 Å². The molecule has 0 spiro atoms. The maximum Gasteiger partial charge on any atom is 0.338 e. The van der Waals surface area contributed by atoms with Crippen LogP contribution in [0.15, 0.2) is 69.6 Å². The minimum Gasteiger partial charge on any atom is -0.494 e. The monoisotopic (exact) mass is 521 g/mol. The average Bonchev–Trinajstić information content (AvgIpc) is 3.17. The van der Waals surface area contributed by atoms with Gasteiger partial charge in [0, 0.05) is 6.07 Å². The van der Waals surface area contributed by atoms with Crippen molar-refractivity contribution in [3.63, 3.8) is 0 Å². The van der Waals surface area contributed by atoms with Crippen LogP contribution in [-0.2, 0) is 9.53 Å². The summed E-state index contributed by atoms with van der Waals surface area (Å²) in [5, 5.41) is 11.5. The predicted octanol–water partition coefficient (Wildman–Crippen LogP) is 3.74. The van der Waals surface area contributed by atoms with Crippen molar-refractivity contribution in [2.45, 2.75) is 33.7 Å². The Balaban J connectivity index is 1.91. The number of nitro benzene ring substituents is 1. The van der Waals surface area contributed by atoms with Crippen LogP contribution in [0.5, 0.6) is 5.75 Å². The summed E-state index contributed by atoms with van der Waals surface area (Å²) in [5.41, 5.74) is 1.21. The molecular weight excluding hydrogens is 494 g/mol. The van der Waals surface area contributed by atoms with E-state index in [1.54, 1.807) is 37.3 Å². The Hall–Kier alpha value is -4.05. The van der Waals surface area contributed by atoms with Gasteiger partial charge in [-0.2, -0.15) is 0 Å². The molecule has 0 amide bonds. The number of para-hydroxylation sites is 1. The van der Waals surface area contributed by atoms with Crippen LogP contribution in [0.3, 0.4) is 0 Å². The predicted molar refractivity (Wildman–Crippen MR) is 140 cm³/mol. The minimum atomic E-state index is -0.778. The van der Waals surface area contributed by atoms with Crippen molar-refractivity contribution in [3.8, 4) is 5.75 Å². The fourth-order valence-electron chi connectivity index (χ4n) is 4.05. The van der Waals surface area contributed by atoms with E-state index >= 15 is 0 Å². The number of nitrogens with zero attached hydrogens (tertiary/aromatic N) is 3. The molecule has 0 bridgehead atoms. The van der Waals surface area contributed by atoms with Gasteiger partial charge in [0.25, 0.3) is 11.2 Å². The summed E-state index contributed by atoms with van der Waals surface area (Å²) < 4.78 is 12.8. The number of carbonyl (C=O) groups excluding carboxylic acids is 1. The zero-order chi connectivity index (χ0) is 26.7. The molecule has 1 aliphatic heterocycles. The van der Waals surface area contributed by atoms with Crippen molar-refractivity contribution in [2.24, 2.45) is 10.9 Å². The summed E-state index contributed by atoms with van der Waals surface area (Å²) in [5.74, 6) is 0.262. The second kappa shape index (κ2) is 10.9. The SMILES string of the molecule is CCOc1ccc(C2C(C(=O)OCC(C)C)=C(C)N=c3s/c(=C\c4ccccc4[N+](=O)[O-])c(=O)n32)cc1. The summed E-state index contributed by atoms with van der Waals surface area (Å²) in [4.78, 5) is 42.9. The number of thiazole rings is 1. The second-order valence-corrected chi connectivity index (χ2v) is 9.90. The Labute approximate surface area is 217 Å². The van der Waals surface area contributed by atoms with E-state index in [-0.39, 0.29) is 28.3 Å². The van der Waals surface area contributed by atoms with Gasteiger partial charge in [0.2, 0.25) is 0 Å². The Morgan fingerprint density at radius 2 is 1.92 bits per heavy atom. The normalized spacial score (nSPS) is 15.4. The molecule has 2 heterocycles. The summed E-state index contributed by atoms with van der Waals surface area (Å²) in [6.07, 6.45) is 1.49. The van der Waals surface area contributed by atoms with E-state index in [4.69, 9.17) is 9.47 Å². The molecule has 1 atom stereocenters. The van der Waals surface area contributed by atoms with E-state index in [2.05, 4.69) is 4.99 Å². The maximum atomic E-state index is 13.7. The number of benzene rings is 2. The van der Waals surface area contributed by atoms with Crippen LogP contribution in [0, 0.1) is 16.0 Å². The molecule has 0 aliphatic carbocycles. The molecule has 0 radical (unpaired) electrons. The summed E-state index contributed by atoms with van der Waals surface area (Å²) in [6.45, 7) is 8.22. The number of allylic oxidation sites excluding steroid dienone is 1. The zero-order valence-corrected chi connectivity index (χ0v) is 21.8. The number of carbonyl (C=O) groups is 1. The fourth-order valence-corrected chi connectivity index (χ4v) is 5.09. The van der Waals surface area contributed by atoms with Crippen LogP contribution < -0.4 is 19.6 Å². The highest BCUT2D eigenvalue weighted by molar-refractivity contribution is 7.07. The van der Waals surface area contributed by atoms with Gasteiger partial charge in [-0.05, 0) is 49.6 Å². The molecule has 1 unspecified atom stereocenters. The first-order valence-corrected chi connectivity index (χ1v) is 12.7. The van der Waals surface area contributed by atoms with Gasteiger partial charge < -0.3 is 9.47 Å². The zero-order valence-electron chi connectivity index (χ0n) is 21.0. The van der Waals surface area contributed by atoms with Crippen LogP contribution in [0.2, 0.25) is 0 Å². The number of hydrogen-bond acceptors (Lipinski definition) is 8. The highest BCUT2D eigenvalue weighted by atomic mass is 32.1. The van der Waals surface area contributed by atoms with Crippen molar-refractivity contribution in [3.05, 3.63) is 101 Å². The van der Waals surface area contributed by atoms with Crippen LogP contribution in [-0.4, -0.2) is 28.7 Å². The lowest BCUT2D eigenvalue weighted by Gasteiger charge is -2.25. The van der Waals surface area contributed by atoms with Gasteiger partial charge >= 0.3 is 5.97 Å². The summed E-state index contributed by atoms with van der Waals surface area (Å²) >= 11 is 1.12. The standard InChI is InChI=1S/C27H27N3O6S/c1-5-35-20-12-10-18(11-13-20)24-23(26(32)36-15-16(2)3)17(4)28-27-29(24)25(31)22(37-27)14-19-8-6-7-9-21(19)30(33)34/h6-14,16,24H,5,15H2,1-4H3/b22-14-. The number of hydrogen-bond donors (Lipinski definition) is 0. The third kappa shape index (κ3) is 5.39. The highest BCUT2D eigenvalue weighted by Gasteiger charge is 2.33. The van der Waals surface area contributed by atoms with Gasteiger partial charge in [0.1, 0.15) is 5.75 Å². The fraction of sp³-hybridized carbons (Fsp3) is 0.296. The number of aromatic nitrogens is 1. The molecule has 0 saturated heterocycles. The molecule has 1 aliphatic rings. The van der Waals surface area contributed by atoms with Gasteiger partial charge in [0.15, 0.2) is 4.80 Å². The second-order valence-electron chi connectivity index (χ2n) is 8.89. The lowest BCUT2D eigenvalue weighted by Crippen LogP contribution is -2.40. The van der Waals surface area contributed by atoms with Gasteiger partial charge in [-0.15, -0.1) is 0 Å². The van der Waals surface area contributed by atoms with E-state index in [9.17, 15) is 19.7 Å². The molecule has 0 N–H and O–H groups in total. The third-order valence-corrected chi connectivity index (χ3v) is 6.70. The van der Waals surface area contributed by atoms with Crippen molar-refractivity contribution < 1.29 is 19.2 Å². The molecule has 3 aromatic rings. The number of rotatable bonds is 8. The van der Waals surface area contributed by atoms with Gasteiger partial charge in [0.05, 0.1) is 45.5 Å². The van der Waals surface area contributed by atoms with E-state index in [1.807, 2.05) is 32.9 Å². The Kier molecular flexibility index (Phi) is 7.68. The molecule has 1 aromatic heterocycles. The van der Waals surface area contributed by atoms with E-state index < -0.39 is 22.5 Å². The largest absolute Gasteiger partial charge is 0.494 e. The van der Waals surface area contributed by atoms with Crippen LogP contribution in [0.1, 0.15) is 44.9 Å². The molecule has 0 fully saturated rings. The van der Waals surface area contributed by atoms with Crippen molar-refractivity contribution in [1.29, 1.82) is 0 Å². The lowest BCUT2D eigenvalue weighted by molar-refractivity contribution is -0.385. The van der Waals surface area contributed by atoms with Crippen molar-refractivity contribution in [2.75, 3.05) is 13.2 Å². The molecule has 0 saturated carbocycles. The van der Waals surface area contributed by atoms with Crippen molar-refractivity contribution in [1.82, 2.24) is 4.57 Å². The van der Waals surface area contributed by atoms with E-state index in [0.717, 1.165) is 11.3 Å². The topological polar surface area (TPSA) is 113 Å². The maximum absolute atomic E-state index is 13.7. The Bertz CT molecular complexity index is 1550. The average molecular weight is 522 g/mol. The highest BCUT2D eigenvalue weighted by Crippen LogP contribution is 2.32. The van der Waals surface area contributed by atoms with Crippen molar-refractivity contribution >= 4 is 29.1 Å². The number of nitro groups is 1. The van der Waals surface area contributed by atoms with Gasteiger partial charge in [-0.1, -0.05) is 49.4 Å². The summed E-state index contributed by atoms with van der Waals surface area (Å²) in [6, 6.07) is 12.6. The number of fused-ring (bicyclic) bond motifs is 1. The van der Waals surface area contributed by atoms with E-state index in [1.165, 1.54) is 16.7 Å². The molecule has 10 heteroatoms. The Morgan fingerprint density at radius 3 is 2.57 bits per heavy atom. The van der Waals surface area contributed by atoms with Gasteiger partial charge in [-0.25, -0.2) is 9.79 Å². The quantitative estimate of drug-likeness (QED) is 0.254. The van der Waals surface area contributed by atoms with E-state index in [0.29, 0.717) is 34.0 Å². The van der Waals surface area contributed by atoms with Crippen LogP contribution >= 0.6 is 11.3 Å². The molecule has 9 nitrogen and oxygen atoms in total. The minimum absolute atomic E-state index is 0.106. The molecule has 2 aromatic carbocycles. The lowest BCUT2D eigenvalue weighted by atomic mass is 9.96. The molecule has 4 rings (SSSR count). The smallest absolute Gasteiger partial charge is 0.338 e. The first-order chi connectivity index (χ1) is 17.7. The molecule has 192 valence electrons. The molecular formula is C27H27N3O6S. The first kappa shape index (κ1) is 26.0. The first-order valence-electron chi connectivity index (χ1n) is 11.9. The third-order valence-electron chi connectivity index (χ3n) is 5.72.